The van der Waals surface area contributed by atoms with E-state index in [1.807, 2.05) is 6.92 Å². The molecule has 14 heteroatoms. The predicted molar refractivity (Wildman–Crippen MR) is 177 cm³/mol. The van der Waals surface area contributed by atoms with Crippen molar-refractivity contribution in [1.29, 1.82) is 0 Å². The van der Waals surface area contributed by atoms with Crippen molar-refractivity contribution in [1.82, 2.24) is 0 Å². The number of aromatic hydroxyl groups is 3. The van der Waals surface area contributed by atoms with Gasteiger partial charge in [0.25, 0.3) is 0 Å². The molecule has 1 aromatic heterocycles. The number of methoxy groups -OCH3 is 5. The Hall–Kier alpha value is -4.76. The van der Waals surface area contributed by atoms with E-state index in [-0.39, 0.29) is 75.0 Å². The number of rotatable bonds is 7. The van der Waals surface area contributed by atoms with Crippen LogP contribution in [0.3, 0.4) is 0 Å². The van der Waals surface area contributed by atoms with Gasteiger partial charge in [0.05, 0.1) is 25.7 Å². The molecule has 0 saturated carbocycles. The SMILES string of the molecule is COc1ccc2c(=O)c3c(O)c4c(c(O)c3oc2c1OC)CCc1c(OC2OC(C)C(OC)C(OC)C2OC)c2c(c(O)c1-4)C(=O)OC(C)C2. The van der Waals surface area contributed by atoms with Gasteiger partial charge < -0.3 is 57.6 Å². The largest absolute Gasteiger partial charge is 0.506 e. The van der Waals surface area contributed by atoms with Crippen LogP contribution in [0.25, 0.3) is 33.1 Å². The number of esters is 1. The lowest BCUT2D eigenvalue weighted by Crippen LogP contribution is -2.60. The van der Waals surface area contributed by atoms with Gasteiger partial charge in [-0.2, -0.15) is 0 Å². The Morgan fingerprint density at radius 3 is 2.06 bits per heavy atom. The van der Waals surface area contributed by atoms with Crippen LogP contribution in [0, 0.1) is 0 Å². The molecule has 3 N–H and O–H groups in total. The Morgan fingerprint density at radius 1 is 0.720 bits per heavy atom. The highest BCUT2D eigenvalue weighted by Gasteiger charge is 2.48. The minimum absolute atomic E-state index is 0.00361. The van der Waals surface area contributed by atoms with E-state index in [9.17, 15) is 24.9 Å². The second kappa shape index (κ2) is 12.5. The summed E-state index contributed by atoms with van der Waals surface area (Å²) in [5.74, 6) is -1.61. The highest BCUT2D eigenvalue weighted by atomic mass is 16.7. The van der Waals surface area contributed by atoms with Gasteiger partial charge in [0.1, 0.15) is 52.6 Å². The first-order valence-electron chi connectivity index (χ1n) is 16.1. The lowest BCUT2D eigenvalue weighted by molar-refractivity contribution is -0.283. The zero-order chi connectivity index (χ0) is 35.8. The van der Waals surface area contributed by atoms with E-state index in [2.05, 4.69) is 0 Å². The molecule has 266 valence electrons. The molecular formula is C36H38O14. The summed E-state index contributed by atoms with van der Waals surface area (Å²) >= 11 is 0. The second-order valence-electron chi connectivity index (χ2n) is 12.6. The predicted octanol–water partition coefficient (Wildman–Crippen LogP) is 4.12. The standard InChI is InChI=1S/C36H38O14/c1-13-12-18-22(35(41)47-13)26(39)21-16(29(18)50-36-34(46-7)33(45-6)28(43-4)14(2)48-36)9-8-15-20(21)27(40)23-24(37)17-10-11-19(42-3)31(44-5)30(17)49-32(23)25(15)38/h10-11,13-14,28,33-34,36,38-40H,8-9,12H2,1-7H3. The molecule has 1 aliphatic carbocycles. The number of phenolic OH excluding ortho intramolecular Hbond substituents is 3. The summed E-state index contributed by atoms with van der Waals surface area (Å²) < 4.78 is 52.5. The molecule has 3 aliphatic rings. The Kier molecular flexibility index (Phi) is 8.45. The lowest BCUT2D eigenvalue weighted by atomic mass is 9.79. The molecule has 50 heavy (non-hydrogen) atoms. The number of hydrogen-bond donors (Lipinski definition) is 3. The molecule has 7 rings (SSSR count). The van der Waals surface area contributed by atoms with Crippen molar-refractivity contribution in [2.45, 2.75) is 69.9 Å². The maximum atomic E-state index is 14.0. The van der Waals surface area contributed by atoms with Crippen LogP contribution < -0.4 is 19.6 Å². The van der Waals surface area contributed by atoms with Crippen molar-refractivity contribution >= 4 is 27.9 Å². The number of fused-ring (bicyclic) bond motifs is 6. The highest BCUT2D eigenvalue weighted by molar-refractivity contribution is 6.07. The third kappa shape index (κ3) is 4.77. The van der Waals surface area contributed by atoms with Gasteiger partial charge in [-0.1, -0.05) is 0 Å². The molecule has 2 aliphatic heterocycles. The number of phenols is 3. The molecule has 4 aromatic rings. The van der Waals surface area contributed by atoms with Crippen molar-refractivity contribution in [2.24, 2.45) is 0 Å². The smallest absolute Gasteiger partial charge is 0.342 e. The number of carbonyl (C=O) groups excluding carboxylic acids is 1. The van der Waals surface area contributed by atoms with Crippen molar-refractivity contribution in [3.8, 4) is 45.6 Å². The summed E-state index contributed by atoms with van der Waals surface area (Å²) in [6, 6.07) is 2.98. The first-order chi connectivity index (χ1) is 24.0. The van der Waals surface area contributed by atoms with Gasteiger partial charge in [-0.25, -0.2) is 4.79 Å². The Bertz CT molecular complexity index is 2100. The van der Waals surface area contributed by atoms with E-state index < -0.39 is 65.5 Å². The minimum atomic E-state index is -1.05. The van der Waals surface area contributed by atoms with Gasteiger partial charge in [-0.15, -0.1) is 0 Å². The van der Waals surface area contributed by atoms with E-state index in [0.717, 1.165) is 0 Å². The fourth-order valence-corrected chi connectivity index (χ4v) is 7.72. The van der Waals surface area contributed by atoms with Crippen LogP contribution >= 0.6 is 0 Å². The van der Waals surface area contributed by atoms with E-state index >= 15 is 0 Å². The number of hydrogen-bond acceptors (Lipinski definition) is 14. The minimum Gasteiger partial charge on any atom is -0.506 e. The maximum Gasteiger partial charge on any atom is 0.342 e. The molecule has 6 atom stereocenters. The summed E-state index contributed by atoms with van der Waals surface area (Å²) in [6.45, 7) is 3.54. The van der Waals surface area contributed by atoms with Crippen LogP contribution in [0.5, 0.6) is 34.5 Å². The summed E-state index contributed by atoms with van der Waals surface area (Å²) in [5.41, 5.74) is -0.140. The highest BCUT2D eigenvalue weighted by Crippen LogP contribution is 2.56. The number of carbonyl (C=O) groups is 1. The van der Waals surface area contributed by atoms with E-state index in [0.29, 0.717) is 16.9 Å². The third-order valence-corrected chi connectivity index (χ3v) is 9.96. The molecule has 0 radical (unpaired) electrons. The average molecular weight is 695 g/mol. The Balaban J connectivity index is 1.50. The van der Waals surface area contributed by atoms with E-state index in [1.165, 1.54) is 40.6 Å². The normalized spacial score (nSPS) is 24.3. The Labute approximate surface area is 285 Å². The summed E-state index contributed by atoms with van der Waals surface area (Å²) in [7, 11) is 7.38. The topological polar surface area (TPSA) is 182 Å². The van der Waals surface area contributed by atoms with Crippen molar-refractivity contribution in [3.63, 3.8) is 0 Å². The average Bonchev–Trinajstić information content (AvgIpc) is 3.10. The number of cyclic esters (lactones) is 1. The fourth-order valence-electron chi connectivity index (χ4n) is 7.72. The number of benzene rings is 3. The molecule has 1 fully saturated rings. The molecular weight excluding hydrogens is 656 g/mol. The second-order valence-corrected chi connectivity index (χ2v) is 12.6. The van der Waals surface area contributed by atoms with Gasteiger partial charge in [0, 0.05) is 55.6 Å². The number of ether oxygens (including phenoxy) is 8. The van der Waals surface area contributed by atoms with Crippen LogP contribution in [0.15, 0.2) is 21.3 Å². The van der Waals surface area contributed by atoms with Gasteiger partial charge in [-0.05, 0) is 38.8 Å². The monoisotopic (exact) mass is 694 g/mol. The summed E-state index contributed by atoms with van der Waals surface area (Å²) in [6.07, 6.45) is -3.42. The van der Waals surface area contributed by atoms with Crippen molar-refractivity contribution in [3.05, 3.63) is 44.6 Å². The van der Waals surface area contributed by atoms with Crippen LogP contribution in [-0.2, 0) is 42.9 Å². The van der Waals surface area contributed by atoms with Gasteiger partial charge in [-0.3, -0.25) is 4.79 Å². The van der Waals surface area contributed by atoms with Crippen molar-refractivity contribution in [2.75, 3.05) is 35.5 Å². The molecule has 0 amide bonds. The van der Waals surface area contributed by atoms with Crippen LogP contribution in [-0.4, -0.2) is 93.6 Å². The van der Waals surface area contributed by atoms with Crippen LogP contribution in [0.1, 0.15) is 40.9 Å². The van der Waals surface area contributed by atoms with Crippen LogP contribution in [0.4, 0.5) is 0 Å². The molecule has 14 nitrogen and oxygen atoms in total. The summed E-state index contributed by atoms with van der Waals surface area (Å²) in [5, 5.41) is 35.2. The zero-order valence-corrected chi connectivity index (χ0v) is 28.6. The summed E-state index contributed by atoms with van der Waals surface area (Å²) in [4.78, 5) is 27.5. The molecule has 3 aromatic carbocycles. The molecule has 1 saturated heterocycles. The maximum absolute atomic E-state index is 14.0. The molecule has 0 spiro atoms. The Morgan fingerprint density at radius 2 is 1.40 bits per heavy atom. The van der Waals surface area contributed by atoms with Gasteiger partial charge in [0.15, 0.2) is 22.7 Å². The third-order valence-electron chi connectivity index (χ3n) is 9.96. The molecule has 0 bridgehead atoms. The van der Waals surface area contributed by atoms with Crippen molar-refractivity contribution < 1.29 is 62.4 Å². The van der Waals surface area contributed by atoms with E-state index in [1.54, 1.807) is 14.0 Å². The van der Waals surface area contributed by atoms with E-state index in [4.69, 9.17) is 42.3 Å². The van der Waals surface area contributed by atoms with Gasteiger partial charge >= 0.3 is 5.97 Å². The van der Waals surface area contributed by atoms with Gasteiger partial charge in [0.2, 0.25) is 17.5 Å². The molecule has 6 unspecified atom stereocenters. The zero-order valence-electron chi connectivity index (χ0n) is 28.6. The fraction of sp³-hybridized carbons (Fsp3) is 0.444. The first-order valence-corrected chi connectivity index (χ1v) is 16.1. The molecule has 3 heterocycles. The first kappa shape index (κ1) is 33.7. The quantitative estimate of drug-likeness (QED) is 0.143. The lowest BCUT2D eigenvalue weighted by Gasteiger charge is -2.44. The van der Waals surface area contributed by atoms with Crippen LogP contribution in [0.2, 0.25) is 0 Å².